The summed E-state index contributed by atoms with van der Waals surface area (Å²) in [7, 11) is -0.206. The van der Waals surface area contributed by atoms with Crippen molar-refractivity contribution >= 4 is 14.3 Å². The lowest BCUT2D eigenvalue weighted by Crippen LogP contribution is -2.17. The fourth-order valence-corrected chi connectivity index (χ4v) is 3.04. The average molecular weight is 360 g/mol. The van der Waals surface area contributed by atoms with E-state index in [1.54, 1.807) is 0 Å². The number of aliphatic hydroxyl groups is 2. The van der Waals surface area contributed by atoms with E-state index >= 15 is 0 Å². The van der Waals surface area contributed by atoms with Crippen molar-refractivity contribution in [2.75, 3.05) is 13.2 Å². The normalized spacial score (nSPS) is 13.3. The molecule has 0 aromatic carbocycles. The maximum atomic E-state index is 11.5. The summed E-state index contributed by atoms with van der Waals surface area (Å²) in [5, 5.41) is 17.7. The van der Waals surface area contributed by atoms with Gasteiger partial charge in [-0.1, -0.05) is 57.6 Å². The van der Waals surface area contributed by atoms with Gasteiger partial charge in [-0.3, -0.25) is 4.79 Å². The standard InChI is InChI=1S/C19H37O4P/c1-2-3-4-5-6-7-8-9-10-11-12-13-14-15-19(22)24-23-17-18(21)16-20/h7-8,18,20-21,24H,2-6,9-17H2,1H3/b8-7-. The van der Waals surface area contributed by atoms with Crippen LogP contribution in [0.15, 0.2) is 12.2 Å². The van der Waals surface area contributed by atoms with E-state index in [1.807, 2.05) is 0 Å². The molecule has 0 spiro atoms. The van der Waals surface area contributed by atoms with E-state index in [0.717, 1.165) is 12.8 Å². The van der Waals surface area contributed by atoms with Gasteiger partial charge in [-0.25, -0.2) is 0 Å². The summed E-state index contributed by atoms with van der Waals surface area (Å²) >= 11 is 0. The summed E-state index contributed by atoms with van der Waals surface area (Å²) in [4.78, 5) is 11.5. The number of hydrogen-bond acceptors (Lipinski definition) is 4. The van der Waals surface area contributed by atoms with Gasteiger partial charge in [0.15, 0.2) is 5.52 Å². The molecule has 142 valence electrons. The third-order valence-corrected chi connectivity index (χ3v) is 4.63. The van der Waals surface area contributed by atoms with Gasteiger partial charge in [-0.05, 0) is 32.1 Å². The van der Waals surface area contributed by atoms with E-state index < -0.39 is 6.10 Å². The van der Waals surface area contributed by atoms with E-state index in [1.165, 1.54) is 57.8 Å². The van der Waals surface area contributed by atoms with Crippen molar-refractivity contribution in [3.05, 3.63) is 12.2 Å². The fourth-order valence-electron chi connectivity index (χ4n) is 2.32. The van der Waals surface area contributed by atoms with Gasteiger partial charge in [-0.2, -0.15) is 0 Å². The highest BCUT2D eigenvalue weighted by Gasteiger charge is 2.05. The zero-order valence-corrected chi connectivity index (χ0v) is 16.3. The predicted octanol–water partition coefficient (Wildman–Crippen LogP) is 4.73. The van der Waals surface area contributed by atoms with E-state index in [-0.39, 0.29) is 27.5 Å². The van der Waals surface area contributed by atoms with Gasteiger partial charge in [0.2, 0.25) is 0 Å². The smallest absolute Gasteiger partial charge is 0.178 e. The van der Waals surface area contributed by atoms with E-state index in [0.29, 0.717) is 6.42 Å². The fraction of sp³-hybridized carbons (Fsp3) is 0.842. The molecule has 24 heavy (non-hydrogen) atoms. The first kappa shape index (κ1) is 23.7. The van der Waals surface area contributed by atoms with E-state index in [9.17, 15) is 4.79 Å². The molecule has 0 aromatic heterocycles. The summed E-state index contributed by atoms with van der Waals surface area (Å²) in [5.74, 6) is 0. The number of carbonyl (C=O) groups excluding carboxylic acids is 1. The maximum absolute atomic E-state index is 11.5. The van der Waals surface area contributed by atoms with Crippen molar-refractivity contribution in [3.63, 3.8) is 0 Å². The van der Waals surface area contributed by atoms with Gasteiger partial charge in [0, 0.05) is 6.42 Å². The Morgan fingerprint density at radius 2 is 1.58 bits per heavy atom. The second-order valence-electron chi connectivity index (χ2n) is 6.30. The van der Waals surface area contributed by atoms with E-state index in [4.69, 9.17) is 14.7 Å². The van der Waals surface area contributed by atoms with Crippen LogP contribution < -0.4 is 0 Å². The molecule has 2 unspecified atom stereocenters. The molecule has 4 nitrogen and oxygen atoms in total. The minimum atomic E-state index is -0.879. The Hall–Kier alpha value is -0.280. The zero-order chi connectivity index (χ0) is 17.9. The van der Waals surface area contributed by atoms with Crippen LogP contribution in [0.3, 0.4) is 0 Å². The molecule has 0 radical (unpaired) electrons. The Bertz CT molecular complexity index is 308. The topological polar surface area (TPSA) is 66.8 Å². The predicted molar refractivity (Wildman–Crippen MR) is 103 cm³/mol. The zero-order valence-electron chi connectivity index (χ0n) is 15.3. The minimum Gasteiger partial charge on any atom is -0.394 e. The molecule has 0 heterocycles. The van der Waals surface area contributed by atoms with Gasteiger partial charge in [-0.15, -0.1) is 0 Å². The van der Waals surface area contributed by atoms with Crippen LogP contribution in [0.5, 0.6) is 0 Å². The van der Waals surface area contributed by atoms with Crippen LogP contribution >= 0.6 is 8.81 Å². The molecule has 5 heteroatoms. The number of aliphatic hydroxyl groups excluding tert-OH is 2. The van der Waals surface area contributed by atoms with Gasteiger partial charge in [0.1, 0.15) is 6.10 Å². The lowest BCUT2D eigenvalue weighted by atomic mass is 10.1. The highest BCUT2D eigenvalue weighted by molar-refractivity contribution is 7.53. The van der Waals surface area contributed by atoms with Crippen LogP contribution in [0.1, 0.15) is 84.0 Å². The van der Waals surface area contributed by atoms with Gasteiger partial charge < -0.3 is 14.7 Å². The van der Waals surface area contributed by atoms with Crippen LogP contribution in [0.25, 0.3) is 0 Å². The Balaban J connectivity index is 3.24. The van der Waals surface area contributed by atoms with Crippen molar-refractivity contribution in [1.29, 1.82) is 0 Å². The van der Waals surface area contributed by atoms with Crippen molar-refractivity contribution in [3.8, 4) is 0 Å². The number of rotatable bonds is 18. The summed E-state index contributed by atoms with van der Waals surface area (Å²) < 4.78 is 5.07. The summed E-state index contributed by atoms with van der Waals surface area (Å²) in [6.07, 6.45) is 17.7. The Labute approximate surface area is 149 Å². The number of hydrogen-bond donors (Lipinski definition) is 2. The number of allylic oxidation sites excluding steroid dienone is 2. The highest BCUT2D eigenvalue weighted by Crippen LogP contribution is 2.18. The second kappa shape index (κ2) is 19.1. The molecule has 0 amide bonds. The molecule has 2 N–H and O–H groups in total. The monoisotopic (exact) mass is 360 g/mol. The lowest BCUT2D eigenvalue weighted by molar-refractivity contribution is -0.112. The van der Waals surface area contributed by atoms with Gasteiger partial charge in [0.25, 0.3) is 0 Å². The molecule has 0 aliphatic carbocycles. The molecule has 0 aliphatic rings. The number of carbonyl (C=O) groups is 1. The maximum Gasteiger partial charge on any atom is 0.178 e. The van der Waals surface area contributed by atoms with Crippen molar-refractivity contribution in [2.45, 2.75) is 90.1 Å². The van der Waals surface area contributed by atoms with Gasteiger partial charge >= 0.3 is 0 Å². The summed E-state index contributed by atoms with van der Waals surface area (Å²) in [6, 6.07) is 0. The average Bonchev–Trinajstić information content (AvgIpc) is 2.58. The molecule has 0 rings (SSSR count). The Morgan fingerprint density at radius 3 is 2.21 bits per heavy atom. The SMILES string of the molecule is CCCCCC/C=C\CCCCCCCC(=O)POCC(O)CO. The molecule has 0 bridgehead atoms. The second-order valence-corrected chi connectivity index (χ2v) is 7.35. The van der Waals surface area contributed by atoms with Crippen molar-refractivity contribution < 1.29 is 19.5 Å². The van der Waals surface area contributed by atoms with Crippen molar-refractivity contribution in [1.82, 2.24) is 0 Å². The molecule has 0 aliphatic heterocycles. The first-order valence-corrected chi connectivity index (χ1v) is 10.5. The third kappa shape index (κ3) is 18.1. The number of unbranched alkanes of at least 4 members (excludes halogenated alkanes) is 9. The molecule has 0 saturated carbocycles. The molecule has 0 fully saturated rings. The van der Waals surface area contributed by atoms with Crippen LogP contribution in [0.4, 0.5) is 0 Å². The largest absolute Gasteiger partial charge is 0.394 e. The molecule has 2 atom stereocenters. The molecular weight excluding hydrogens is 323 g/mol. The van der Waals surface area contributed by atoms with Crippen molar-refractivity contribution in [2.24, 2.45) is 0 Å². The Kier molecular flexibility index (Phi) is 18.8. The third-order valence-electron chi connectivity index (χ3n) is 3.84. The quantitative estimate of drug-likeness (QED) is 0.211. The molecular formula is C19H37O4P. The van der Waals surface area contributed by atoms with Crippen LogP contribution in [-0.2, 0) is 9.32 Å². The summed E-state index contributed by atoms with van der Waals surface area (Å²) in [5.41, 5.74) is 0.103. The molecule has 0 aromatic rings. The van der Waals surface area contributed by atoms with Crippen LogP contribution in [0, 0.1) is 0 Å². The molecule has 0 saturated heterocycles. The van der Waals surface area contributed by atoms with Gasteiger partial charge in [0.05, 0.1) is 22.0 Å². The Morgan fingerprint density at radius 1 is 1.00 bits per heavy atom. The first-order chi connectivity index (χ1) is 11.7. The lowest BCUT2D eigenvalue weighted by Gasteiger charge is -2.07. The van der Waals surface area contributed by atoms with Crippen LogP contribution in [-0.4, -0.2) is 35.1 Å². The van der Waals surface area contributed by atoms with Crippen LogP contribution in [0.2, 0.25) is 0 Å². The first-order valence-electron chi connectivity index (χ1n) is 9.55. The summed E-state index contributed by atoms with van der Waals surface area (Å²) in [6.45, 7) is 1.95. The van der Waals surface area contributed by atoms with E-state index in [2.05, 4.69) is 19.1 Å². The highest BCUT2D eigenvalue weighted by atomic mass is 31.1. The minimum absolute atomic E-state index is 0.0345.